The molecule has 1 rings (SSSR count). The average Bonchev–Trinajstić information content (AvgIpc) is 2.40. The average molecular weight is 209 g/mol. The summed E-state index contributed by atoms with van der Waals surface area (Å²) in [6, 6.07) is 0.248. The molecule has 0 aromatic carbocycles. The fourth-order valence-electron chi connectivity index (χ4n) is 0.840. The quantitative estimate of drug-likeness (QED) is 0.677. The highest BCUT2D eigenvalue weighted by molar-refractivity contribution is 5.85. The van der Waals surface area contributed by atoms with Crippen molar-refractivity contribution in [2.75, 3.05) is 0 Å². The van der Waals surface area contributed by atoms with E-state index in [4.69, 9.17) is 10.5 Å². The van der Waals surface area contributed by atoms with Crippen LogP contribution in [0.25, 0.3) is 0 Å². The van der Waals surface area contributed by atoms with Gasteiger partial charge in [0.1, 0.15) is 5.60 Å². The van der Waals surface area contributed by atoms with Gasteiger partial charge in [-0.25, -0.2) is 4.79 Å². The Balaban J connectivity index is 0.00000144. The normalized spacial score (nSPS) is 25.8. The zero-order chi connectivity index (χ0) is 9.35. The van der Waals surface area contributed by atoms with E-state index in [0.717, 1.165) is 6.42 Å². The highest BCUT2D eigenvalue weighted by Gasteiger charge is 2.35. The molecule has 0 unspecified atom stereocenters. The van der Waals surface area contributed by atoms with Gasteiger partial charge in [-0.05, 0) is 27.2 Å². The lowest BCUT2D eigenvalue weighted by molar-refractivity contribution is 0.0523. The summed E-state index contributed by atoms with van der Waals surface area (Å²) in [5.41, 5.74) is 5.08. The van der Waals surface area contributed by atoms with E-state index in [1.165, 1.54) is 0 Å². The zero-order valence-electron chi connectivity index (χ0n) is 8.16. The molecule has 4 nitrogen and oxygen atoms in total. The van der Waals surface area contributed by atoms with Gasteiger partial charge in [0.25, 0.3) is 0 Å². The lowest BCUT2D eigenvalue weighted by Crippen LogP contribution is -2.35. The molecule has 3 N–H and O–H groups in total. The van der Waals surface area contributed by atoms with Crippen molar-refractivity contribution in [2.24, 2.45) is 5.73 Å². The van der Waals surface area contributed by atoms with Crippen molar-refractivity contribution in [3.63, 3.8) is 0 Å². The Kier molecular flexibility index (Phi) is 4.00. The molecule has 2 atom stereocenters. The van der Waals surface area contributed by atoms with Gasteiger partial charge in [0, 0.05) is 12.1 Å². The smallest absolute Gasteiger partial charge is 0.407 e. The molecule has 1 aliphatic carbocycles. The van der Waals surface area contributed by atoms with Crippen molar-refractivity contribution in [3.05, 3.63) is 0 Å². The third-order valence-corrected chi connectivity index (χ3v) is 1.54. The molecule has 0 spiro atoms. The Labute approximate surface area is 84.6 Å². The molecule has 0 radical (unpaired) electrons. The van der Waals surface area contributed by atoms with E-state index < -0.39 is 5.60 Å². The minimum absolute atomic E-state index is 0. The molecule has 1 saturated carbocycles. The van der Waals surface area contributed by atoms with Crippen molar-refractivity contribution < 1.29 is 9.53 Å². The first-order valence-electron chi connectivity index (χ1n) is 4.13. The summed E-state index contributed by atoms with van der Waals surface area (Å²) < 4.78 is 5.03. The fourth-order valence-corrected chi connectivity index (χ4v) is 0.840. The van der Waals surface area contributed by atoms with Crippen molar-refractivity contribution in [1.29, 1.82) is 0 Å². The second-order valence-electron chi connectivity index (χ2n) is 4.15. The number of carbonyl (C=O) groups is 1. The molecule has 13 heavy (non-hydrogen) atoms. The summed E-state index contributed by atoms with van der Waals surface area (Å²) >= 11 is 0. The molecule has 1 amide bonds. The second kappa shape index (κ2) is 4.15. The number of nitrogens with two attached hydrogens (primary N) is 1. The monoisotopic (exact) mass is 208 g/mol. The second-order valence-corrected chi connectivity index (χ2v) is 4.15. The van der Waals surface area contributed by atoms with Crippen LogP contribution in [0.3, 0.4) is 0 Å². The van der Waals surface area contributed by atoms with Crippen molar-refractivity contribution in [3.8, 4) is 0 Å². The van der Waals surface area contributed by atoms with Gasteiger partial charge in [-0.2, -0.15) is 0 Å². The molecule has 5 heteroatoms. The molecule has 0 aromatic rings. The van der Waals surface area contributed by atoms with Gasteiger partial charge in [-0.3, -0.25) is 0 Å². The van der Waals surface area contributed by atoms with E-state index in [0.29, 0.717) is 0 Å². The van der Waals surface area contributed by atoms with Crippen molar-refractivity contribution in [2.45, 2.75) is 44.9 Å². The van der Waals surface area contributed by atoms with E-state index in [-0.39, 0.29) is 30.6 Å². The van der Waals surface area contributed by atoms with Crippen LogP contribution in [0.1, 0.15) is 27.2 Å². The van der Waals surface area contributed by atoms with Gasteiger partial charge in [-0.1, -0.05) is 0 Å². The number of halogens is 1. The van der Waals surface area contributed by atoms with Crippen LogP contribution in [0.5, 0.6) is 0 Å². The van der Waals surface area contributed by atoms with E-state index in [9.17, 15) is 4.79 Å². The minimum Gasteiger partial charge on any atom is -0.444 e. The predicted molar refractivity (Wildman–Crippen MR) is 53.0 cm³/mol. The Morgan fingerprint density at radius 3 is 2.31 bits per heavy atom. The molecule has 78 valence electrons. The predicted octanol–water partition coefficient (Wildman–Crippen LogP) is 1.03. The van der Waals surface area contributed by atoms with Gasteiger partial charge >= 0.3 is 6.09 Å². The first-order chi connectivity index (χ1) is 5.38. The van der Waals surface area contributed by atoms with Gasteiger partial charge in [-0.15, -0.1) is 12.4 Å². The van der Waals surface area contributed by atoms with Crippen LogP contribution < -0.4 is 11.1 Å². The number of ether oxygens (including phenoxy) is 1. The lowest BCUT2D eigenvalue weighted by atomic mass is 10.2. The summed E-state index contributed by atoms with van der Waals surface area (Å²) in [7, 11) is 0. The molecule has 0 bridgehead atoms. The largest absolute Gasteiger partial charge is 0.444 e. The fraction of sp³-hybridized carbons (Fsp3) is 0.875. The van der Waals surface area contributed by atoms with E-state index >= 15 is 0 Å². The number of alkyl carbamates (subject to hydrolysis) is 1. The number of carbonyl (C=O) groups excluding carboxylic acids is 1. The van der Waals surface area contributed by atoms with Gasteiger partial charge in [0.2, 0.25) is 0 Å². The molecule has 0 saturated heterocycles. The lowest BCUT2D eigenvalue weighted by Gasteiger charge is -2.19. The highest BCUT2D eigenvalue weighted by atomic mass is 35.5. The summed E-state index contributed by atoms with van der Waals surface area (Å²) in [5, 5.41) is 2.67. The van der Waals surface area contributed by atoms with Crippen LogP contribution in [0.4, 0.5) is 4.79 Å². The van der Waals surface area contributed by atoms with Crippen LogP contribution in [0.2, 0.25) is 0 Å². The van der Waals surface area contributed by atoms with Crippen molar-refractivity contribution >= 4 is 18.5 Å². The number of hydrogen-bond acceptors (Lipinski definition) is 3. The first-order valence-corrected chi connectivity index (χ1v) is 4.13. The Morgan fingerprint density at radius 2 is 2.00 bits per heavy atom. The van der Waals surface area contributed by atoms with Crippen LogP contribution in [0, 0.1) is 0 Å². The van der Waals surface area contributed by atoms with Crippen LogP contribution >= 0.6 is 12.4 Å². The van der Waals surface area contributed by atoms with Gasteiger partial charge in [0.15, 0.2) is 0 Å². The van der Waals surface area contributed by atoms with E-state index in [2.05, 4.69) is 5.32 Å². The highest BCUT2D eigenvalue weighted by Crippen LogP contribution is 2.18. The molecule has 0 aliphatic heterocycles. The minimum atomic E-state index is -0.428. The Morgan fingerprint density at radius 1 is 1.54 bits per heavy atom. The molecule has 1 fully saturated rings. The summed E-state index contributed by atoms with van der Waals surface area (Å²) in [6.45, 7) is 5.50. The number of nitrogens with one attached hydrogen (secondary N) is 1. The van der Waals surface area contributed by atoms with Crippen LogP contribution in [-0.4, -0.2) is 23.8 Å². The molecular formula is C8H17ClN2O2. The van der Waals surface area contributed by atoms with E-state index in [1.807, 2.05) is 20.8 Å². The van der Waals surface area contributed by atoms with Gasteiger partial charge in [0.05, 0.1) is 0 Å². The summed E-state index contributed by atoms with van der Waals surface area (Å²) in [4.78, 5) is 11.1. The van der Waals surface area contributed by atoms with E-state index in [1.54, 1.807) is 0 Å². The number of amides is 1. The van der Waals surface area contributed by atoms with Gasteiger partial charge < -0.3 is 15.8 Å². The maximum Gasteiger partial charge on any atom is 0.407 e. The third-order valence-electron chi connectivity index (χ3n) is 1.54. The number of rotatable bonds is 1. The maximum atomic E-state index is 11.1. The third kappa shape index (κ3) is 4.95. The topological polar surface area (TPSA) is 64.3 Å². The summed E-state index contributed by atoms with van der Waals surface area (Å²) in [6.07, 6.45) is 0.486. The SMILES string of the molecule is CC(C)(C)OC(=O)N[C@H]1C[C@H]1N.Cl. The van der Waals surface area contributed by atoms with Crippen LogP contribution in [0.15, 0.2) is 0 Å². The first kappa shape index (κ1) is 12.5. The Bertz CT molecular complexity index is 191. The molecule has 0 aromatic heterocycles. The molecule has 1 aliphatic rings. The zero-order valence-corrected chi connectivity index (χ0v) is 8.98. The standard InChI is InChI=1S/C8H16N2O2.ClH/c1-8(2,3)12-7(11)10-6-4-5(6)9;/h5-6H,4,9H2,1-3H3,(H,10,11);1H/t5-,6+;/m1./s1. The van der Waals surface area contributed by atoms with Crippen molar-refractivity contribution in [1.82, 2.24) is 5.32 Å². The number of hydrogen-bond donors (Lipinski definition) is 2. The molecule has 0 heterocycles. The molecular weight excluding hydrogens is 192 g/mol. The van der Waals surface area contributed by atoms with Crippen LogP contribution in [-0.2, 0) is 4.74 Å². The summed E-state index contributed by atoms with van der Waals surface area (Å²) in [5.74, 6) is 0. The maximum absolute atomic E-state index is 11.1. The Hall–Kier alpha value is -0.480.